The van der Waals surface area contributed by atoms with Crippen molar-refractivity contribution < 1.29 is 14.7 Å². The van der Waals surface area contributed by atoms with Crippen LogP contribution in [0.3, 0.4) is 0 Å². The Morgan fingerprint density at radius 1 is 1.22 bits per heavy atom. The van der Waals surface area contributed by atoms with Gasteiger partial charge in [-0.2, -0.15) is 0 Å². The molecule has 0 radical (unpaired) electrons. The topological polar surface area (TPSA) is 95.4 Å². The highest BCUT2D eigenvalue weighted by Crippen LogP contribution is 2.31. The monoisotopic (exact) mass is 470 g/mol. The molecule has 0 fully saturated rings. The van der Waals surface area contributed by atoms with E-state index in [9.17, 15) is 14.7 Å². The van der Waals surface area contributed by atoms with Gasteiger partial charge in [0.25, 0.3) is 5.91 Å². The number of aromatic nitrogens is 2. The van der Waals surface area contributed by atoms with Crippen LogP contribution in [0.15, 0.2) is 54.7 Å². The first-order chi connectivity index (χ1) is 15.3. The van der Waals surface area contributed by atoms with E-state index in [0.29, 0.717) is 28.4 Å². The van der Waals surface area contributed by atoms with E-state index in [0.717, 1.165) is 11.1 Å². The number of halogens is 2. The van der Waals surface area contributed by atoms with Crippen LogP contribution in [0.4, 0.5) is 0 Å². The third-order valence-corrected chi connectivity index (χ3v) is 5.73. The van der Waals surface area contributed by atoms with Crippen molar-refractivity contribution in [3.05, 3.63) is 81.7 Å². The van der Waals surface area contributed by atoms with Crippen LogP contribution in [0.1, 0.15) is 34.5 Å². The summed E-state index contributed by atoms with van der Waals surface area (Å²) in [5, 5.41) is 13.3. The minimum absolute atomic E-state index is 0.0561. The van der Waals surface area contributed by atoms with Crippen LogP contribution in [0, 0.1) is 0 Å². The highest BCUT2D eigenvalue weighted by Gasteiger charge is 2.30. The molecule has 9 heteroatoms. The minimum atomic E-state index is -0.792. The first-order valence-electron chi connectivity index (χ1n) is 9.96. The Morgan fingerprint density at radius 3 is 2.69 bits per heavy atom. The van der Waals surface area contributed by atoms with Gasteiger partial charge in [-0.1, -0.05) is 54.1 Å². The Kier molecular flexibility index (Phi) is 6.41. The van der Waals surface area contributed by atoms with Gasteiger partial charge >= 0.3 is 0 Å². The summed E-state index contributed by atoms with van der Waals surface area (Å²) in [5.74, 6) is -0.617. The Balaban J connectivity index is 1.49. The van der Waals surface area contributed by atoms with E-state index >= 15 is 0 Å². The lowest BCUT2D eigenvalue weighted by Gasteiger charge is -2.23. The van der Waals surface area contributed by atoms with Gasteiger partial charge in [-0.15, -0.1) is 0 Å². The number of aliphatic hydroxyl groups excluding tert-OH is 1. The van der Waals surface area contributed by atoms with Crippen LogP contribution < -0.4 is 5.32 Å². The molecule has 3 aromatic rings. The number of aliphatic hydroxyl groups is 1. The zero-order valence-electron chi connectivity index (χ0n) is 17.1. The number of carbonyl (C=O) groups excluding carboxylic acids is 2. The lowest BCUT2D eigenvalue weighted by molar-refractivity contribution is -0.123. The molecule has 2 N–H and O–H groups in total. The Labute approximate surface area is 195 Å². The average Bonchev–Trinajstić information content (AvgIpc) is 3.08. The van der Waals surface area contributed by atoms with Gasteiger partial charge in [0.05, 0.1) is 29.1 Å². The minimum Gasteiger partial charge on any atom is -0.391 e. The van der Waals surface area contributed by atoms with E-state index in [2.05, 4.69) is 15.3 Å². The predicted molar refractivity (Wildman–Crippen MR) is 121 cm³/mol. The second kappa shape index (κ2) is 9.24. The molecule has 4 rings (SSSR count). The molecule has 2 heterocycles. The molecule has 2 atom stereocenters. The van der Waals surface area contributed by atoms with E-state index < -0.39 is 12.1 Å². The maximum absolute atomic E-state index is 13.0. The van der Waals surface area contributed by atoms with E-state index in [1.165, 1.54) is 11.1 Å². The molecule has 32 heavy (non-hydrogen) atoms. The number of hydrogen-bond donors (Lipinski definition) is 2. The molecule has 2 amide bonds. The fourth-order valence-corrected chi connectivity index (χ4v) is 4.05. The molecule has 1 aromatic heterocycles. The SMILES string of the molecule is C[C@H](O)[C@@H](NC(=O)CN1Cc2ccc(-c3nc(Cl)ncc3Cl)cc2C1=O)c1ccccc1. The summed E-state index contributed by atoms with van der Waals surface area (Å²) in [6, 6.07) is 14.0. The zero-order chi connectivity index (χ0) is 22.8. The summed E-state index contributed by atoms with van der Waals surface area (Å²) in [4.78, 5) is 35.1. The number of benzene rings is 2. The van der Waals surface area contributed by atoms with Crippen molar-refractivity contribution >= 4 is 35.0 Å². The largest absolute Gasteiger partial charge is 0.391 e. The van der Waals surface area contributed by atoms with Gasteiger partial charge in [0.15, 0.2) is 0 Å². The number of nitrogens with one attached hydrogen (secondary N) is 1. The molecule has 0 saturated heterocycles. The van der Waals surface area contributed by atoms with E-state index in [-0.39, 0.29) is 23.6 Å². The number of rotatable bonds is 6. The van der Waals surface area contributed by atoms with Gasteiger partial charge in [-0.05, 0) is 35.7 Å². The fraction of sp³-hybridized carbons (Fsp3) is 0.217. The van der Waals surface area contributed by atoms with E-state index in [4.69, 9.17) is 23.2 Å². The molecule has 0 saturated carbocycles. The standard InChI is InChI=1S/C23H20Cl2N4O3/c1-13(30)20(14-5-3-2-4-6-14)27-19(31)12-29-11-16-8-7-15(9-17(16)22(29)32)21-18(24)10-26-23(25)28-21/h2-10,13,20,30H,11-12H2,1H3,(H,27,31)/t13-,20+/m0/s1. The van der Waals surface area contributed by atoms with Crippen molar-refractivity contribution in [3.8, 4) is 11.3 Å². The quantitative estimate of drug-likeness (QED) is 0.536. The first kappa shape index (κ1) is 22.2. The molecule has 2 aromatic carbocycles. The maximum atomic E-state index is 13.0. The third-order valence-electron chi connectivity index (χ3n) is 5.27. The van der Waals surface area contributed by atoms with Crippen molar-refractivity contribution in [2.45, 2.75) is 25.6 Å². The number of carbonyl (C=O) groups is 2. The van der Waals surface area contributed by atoms with Gasteiger partial charge in [-0.3, -0.25) is 9.59 Å². The van der Waals surface area contributed by atoms with Gasteiger partial charge in [0, 0.05) is 17.7 Å². The maximum Gasteiger partial charge on any atom is 0.254 e. The summed E-state index contributed by atoms with van der Waals surface area (Å²) in [6.07, 6.45) is 0.614. The zero-order valence-corrected chi connectivity index (χ0v) is 18.6. The van der Waals surface area contributed by atoms with Gasteiger partial charge in [-0.25, -0.2) is 9.97 Å². The smallest absolute Gasteiger partial charge is 0.254 e. The fourth-order valence-electron chi connectivity index (χ4n) is 3.72. The van der Waals surface area contributed by atoms with E-state index in [1.807, 2.05) is 36.4 Å². The van der Waals surface area contributed by atoms with Gasteiger partial charge in [0.2, 0.25) is 11.2 Å². The molecule has 7 nitrogen and oxygen atoms in total. The normalized spacial score (nSPS) is 14.8. The average molecular weight is 471 g/mol. The second-order valence-electron chi connectivity index (χ2n) is 7.57. The van der Waals surface area contributed by atoms with Gasteiger partial charge < -0.3 is 15.3 Å². The molecule has 0 aliphatic carbocycles. The van der Waals surface area contributed by atoms with Crippen molar-refractivity contribution in [1.82, 2.24) is 20.2 Å². The molecular weight excluding hydrogens is 451 g/mol. The van der Waals surface area contributed by atoms with Crippen molar-refractivity contribution in [2.24, 2.45) is 0 Å². The van der Waals surface area contributed by atoms with E-state index in [1.54, 1.807) is 19.1 Å². The van der Waals surface area contributed by atoms with Crippen molar-refractivity contribution in [1.29, 1.82) is 0 Å². The van der Waals surface area contributed by atoms with Crippen LogP contribution in [0.5, 0.6) is 0 Å². The summed E-state index contributed by atoms with van der Waals surface area (Å²) < 4.78 is 0. The van der Waals surface area contributed by atoms with Gasteiger partial charge in [0.1, 0.15) is 6.54 Å². The first-order valence-corrected chi connectivity index (χ1v) is 10.7. The molecule has 1 aliphatic rings. The molecule has 0 unspecified atom stereocenters. The lowest BCUT2D eigenvalue weighted by Crippen LogP contribution is -2.41. The second-order valence-corrected chi connectivity index (χ2v) is 8.31. The molecular formula is C23H20Cl2N4O3. The number of amides is 2. The van der Waals surface area contributed by atoms with Crippen LogP contribution >= 0.6 is 23.2 Å². The summed E-state index contributed by atoms with van der Waals surface area (Å²) >= 11 is 12.1. The molecule has 0 spiro atoms. The van der Waals surface area contributed by atoms with Crippen molar-refractivity contribution in [3.63, 3.8) is 0 Å². The Bertz CT molecular complexity index is 1170. The molecule has 164 valence electrons. The lowest BCUT2D eigenvalue weighted by atomic mass is 10.0. The Hall–Kier alpha value is -3.00. The summed E-state index contributed by atoms with van der Waals surface area (Å²) in [5.41, 5.74) is 3.14. The molecule has 0 bridgehead atoms. The van der Waals surface area contributed by atoms with Crippen LogP contribution in [-0.4, -0.2) is 44.4 Å². The number of hydrogen-bond acceptors (Lipinski definition) is 5. The third kappa shape index (κ3) is 4.60. The predicted octanol–water partition coefficient (Wildman–Crippen LogP) is 3.64. The van der Waals surface area contributed by atoms with Crippen LogP contribution in [-0.2, 0) is 11.3 Å². The van der Waals surface area contributed by atoms with Crippen LogP contribution in [0.2, 0.25) is 10.3 Å². The number of fused-ring (bicyclic) bond motifs is 1. The van der Waals surface area contributed by atoms with Crippen molar-refractivity contribution in [2.75, 3.05) is 6.54 Å². The number of nitrogens with zero attached hydrogens (tertiary/aromatic N) is 3. The summed E-state index contributed by atoms with van der Waals surface area (Å²) in [7, 11) is 0. The summed E-state index contributed by atoms with van der Waals surface area (Å²) in [6.45, 7) is 1.80. The van der Waals surface area contributed by atoms with Crippen LogP contribution in [0.25, 0.3) is 11.3 Å². The highest BCUT2D eigenvalue weighted by atomic mass is 35.5. The molecule has 1 aliphatic heterocycles. The Morgan fingerprint density at radius 2 is 1.97 bits per heavy atom. The highest BCUT2D eigenvalue weighted by molar-refractivity contribution is 6.33.